The van der Waals surface area contributed by atoms with Crippen molar-refractivity contribution in [1.29, 1.82) is 0 Å². The number of rotatable bonds is 1. The molecule has 0 amide bonds. The van der Waals surface area contributed by atoms with Crippen molar-refractivity contribution in [3.63, 3.8) is 0 Å². The predicted octanol–water partition coefficient (Wildman–Crippen LogP) is 2.62. The van der Waals surface area contributed by atoms with Crippen molar-refractivity contribution in [2.45, 2.75) is 25.5 Å². The van der Waals surface area contributed by atoms with Crippen molar-refractivity contribution in [2.24, 2.45) is 0 Å². The van der Waals surface area contributed by atoms with Gasteiger partial charge < -0.3 is 14.1 Å². The molecule has 1 atom stereocenters. The second kappa shape index (κ2) is 3.64. The number of fused-ring (bicyclic) bond motifs is 1. The third-order valence-electron chi connectivity index (χ3n) is 2.88. The number of aliphatic hydroxyl groups is 1. The van der Waals surface area contributed by atoms with Crippen LogP contribution in [0.15, 0.2) is 22.7 Å². The summed E-state index contributed by atoms with van der Waals surface area (Å²) in [7, 11) is 0. The van der Waals surface area contributed by atoms with Gasteiger partial charge in [-0.3, -0.25) is 0 Å². The second-order valence-electron chi connectivity index (χ2n) is 3.92. The Hall–Kier alpha value is -1.26. The van der Waals surface area contributed by atoms with E-state index < -0.39 is 6.10 Å². The van der Waals surface area contributed by atoms with Gasteiger partial charge in [0.05, 0.1) is 18.0 Å². The molecular weight excluding hydrogens is 228 g/mol. The van der Waals surface area contributed by atoms with E-state index in [1.54, 1.807) is 18.3 Å². The molecule has 3 heterocycles. The molecule has 0 saturated heterocycles. The number of nitrogens with zero attached hydrogens (tertiary/aromatic N) is 2. The molecule has 0 aliphatic carbocycles. The molecule has 16 heavy (non-hydrogen) atoms. The topological polar surface area (TPSA) is 51.2 Å². The van der Waals surface area contributed by atoms with Crippen molar-refractivity contribution in [1.82, 2.24) is 9.55 Å². The molecule has 0 aromatic carbocycles. The lowest BCUT2D eigenvalue weighted by molar-refractivity contribution is 0.139. The average molecular weight is 239 g/mol. The number of imidazole rings is 1. The fourth-order valence-electron chi connectivity index (χ4n) is 2.11. The lowest BCUT2D eigenvalue weighted by atomic mass is 10.1. The van der Waals surface area contributed by atoms with Gasteiger partial charge >= 0.3 is 0 Å². The molecule has 1 aliphatic rings. The second-order valence-corrected chi connectivity index (χ2v) is 4.29. The smallest absolute Gasteiger partial charge is 0.194 e. The van der Waals surface area contributed by atoms with Crippen LogP contribution in [0.2, 0.25) is 5.22 Å². The summed E-state index contributed by atoms with van der Waals surface area (Å²) in [5, 5.41) is 10.2. The molecule has 2 aromatic heterocycles. The molecule has 84 valence electrons. The van der Waals surface area contributed by atoms with E-state index in [1.807, 2.05) is 4.57 Å². The Morgan fingerprint density at radius 3 is 3.12 bits per heavy atom. The van der Waals surface area contributed by atoms with Crippen molar-refractivity contribution in [3.05, 3.63) is 29.2 Å². The van der Waals surface area contributed by atoms with E-state index in [9.17, 15) is 5.11 Å². The first-order valence-electron chi connectivity index (χ1n) is 5.25. The summed E-state index contributed by atoms with van der Waals surface area (Å²) in [6, 6.07) is 3.48. The van der Waals surface area contributed by atoms with Crippen molar-refractivity contribution < 1.29 is 9.52 Å². The number of halogens is 1. The van der Waals surface area contributed by atoms with E-state index in [0.717, 1.165) is 30.9 Å². The average Bonchev–Trinajstić information content (AvgIpc) is 2.84. The number of aliphatic hydroxyl groups excluding tert-OH is 1. The van der Waals surface area contributed by atoms with Crippen LogP contribution in [0.5, 0.6) is 0 Å². The SMILES string of the molecule is OC1CCCn2c1cnc2-c1ccc(Cl)o1. The number of furan rings is 1. The van der Waals surface area contributed by atoms with Gasteiger partial charge in [0.25, 0.3) is 0 Å². The van der Waals surface area contributed by atoms with Crippen LogP contribution in [0.3, 0.4) is 0 Å². The molecule has 1 aliphatic heterocycles. The Balaban J connectivity index is 2.09. The molecule has 4 nitrogen and oxygen atoms in total. The molecule has 0 radical (unpaired) electrons. The minimum Gasteiger partial charge on any atom is -0.441 e. The van der Waals surface area contributed by atoms with Crippen LogP contribution in [0, 0.1) is 0 Å². The van der Waals surface area contributed by atoms with Gasteiger partial charge in [-0.2, -0.15) is 0 Å². The Morgan fingerprint density at radius 1 is 1.50 bits per heavy atom. The molecule has 1 unspecified atom stereocenters. The summed E-state index contributed by atoms with van der Waals surface area (Å²) in [4.78, 5) is 4.28. The van der Waals surface area contributed by atoms with Gasteiger partial charge in [-0.15, -0.1) is 0 Å². The summed E-state index contributed by atoms with van der Waals surface area (Å²) in [5.41, 5.74) is 0.855. The van der Waals surface area contributed by atoms with Gasteiger partial charge in [0.1, 0.15) is 0 Å². The van der Waals surface area contributed by atoms with Crippen molar-refractivity contribution >= 4 is 11.6 Å². The predicted molar refractivity (Wildman–Crippen MR) is 59.1 cm³/mol. The first-order valence-corrected chi connectivity index (χ1v) is 5.62. The van der Waals surface area contributed by atoms with Crippen LogP contribution >= 0.6 is 11.6 Å². The molecule has 0 bridgehead atoms. The zero-order valence-corrected chi connectivity index (χ0v) is 9.31. The molecule has 0 saturated carbocycles. The minimum absolute atomic E-state index is 0.351. The fourth-order valence-corrected chi connectivity index (χ4v) is 2.26. The normalized spacial score (nSPS) is 19.8. The zero-order valence-electron chi connectivity index (χ0n) is 8.56. The van der Waals surface area contributed by atoms with Crippen LogP contribution in [-0.2, 0) is 6.54 Å². The van der Waals surface area contributed by atoms with Gasteiger partial charge in [0.2, 0.25) is 0 Å². The van der Waals surface area contributed by atoms with Gasteiger partial charge in [-0.1, -0.05) is 0 Å². The molecule has 5 heteroatoms. The minimum atomic E-state index is -0.416. The highest BCUT2D eigenvalue weighted by atomic mass is 35.5. The third kappa shape index (κ3) is 1.45. The standard InChI is InChI=1S/C11H11ClN2O2/c12-10-4-3-9(16-10)11-13-6-7-8(15)2-1-5-14(7)11/h3-4,6,8,15H,1-2,5H2. The maximum atomic E-state index is 9.81. The number of hydrogen-bond donors (Lipinski definition) is 1. The number of aromatic nitrogens is 2. The van der Waals surface area contributed by atoms with Crippen molar-refractivity contribution in [3.8, 4) is 11.6 Å². The maximum absolute atomic E-state index is 9.81. The molecule has 3 rings (SSSR count). The van der Waals surface area contributed by atoms with E-state index in [2.05, 4.69) is 4.98 Å². The van der Waals surface area contributed by atoms with Crippen LogP contribution in [0.25, 0.3) is 11.6 Å². The Morgan fingerprint density at radius 2 is 2.38 bits per heavy atom. The fraction of sp³-hybridized carbons (Fsp3) is 0.364. The molecule has 0 spiro atoms. The maximum Gasteiger partial charge on any atom is 0.194 e. The van der Waals surface area contributed by atoms with Gasteiger partial charge in [0.15, 0.2) is 16.8 Å². The van der Waals surface area contributed by atoms with Crippen LogP contribution in [-0.4, -0.2) is 14.7 Å². The summed E-state index contributed by atoms with van der Waals surface area (Å²) in [6.45, 7) is 0.861. The highest BCUT2D eigenvalue weighted by Gasteiger charge is 2.23. The van der Waals surface area contributed by atoms with E-state index in [0.29, 0.717) is 11.0 Å². The zero-order chi connectivity index (χ0) is 11.1. The van der Waals surface area contributed by atoms with Gasteiger partial charge in [-0.05, 0) is 36.6 Å². The Kier molecular flexibility index (Phi) is 2.26. The van der Waals surface area contributed by atoms with Crippen LogP contribution in [0.4, 0.5) is 0 Å². The highest BCUT2D eigenvalue weighted by Crippen LogP contribution is 2.31. The largest absolute Gasteiger partial charge is 0.441 e. The quantitative estimate of drug-likeness (QED) is 0.831. The summed E-state index contributed by atoms with van der Waals surface area (Å²) in [5.74, 6) is 1.38. The highest BCUT2D eigenvalue weighted by molar-refractivity contribution is 6.28. The monoisotopic (exact) mass is 238 g/mol. The molecular formula is C11H11ClN2O2. The summed E-state index contributed by atoms with van der Waals surface area (Å²) >= 11 is 5.74. The Labute approximate surface area is 97.5 Å². The first-order chi connectivity index (χ1) is 7.75. The Bertz CT molecular complexity index is 518. The van der Waals surface area contributed by atoms with Crippen LogP contribution < -0.4 is 0 Å². The van der Waals surface area contributed by atoms with E-state index >= 15 is 0 Å². The number of hydrogen-bond acceptors (Lipinski definition) is 3. The van der Waals surface area contributed by atoms with Gasteiger partial charge in [0, 0.05) is 6.54 Å². The van der Waals surface area contributed by atoms with E-state index in [4.69, 9.17) is 16.0 Å². The first kappa shape index (κ1) is 9.93. The summed E-state index contributed by atoms with van der Waals surface area (Å²) in [6.07, 6.45) is 3.03. The summed E-state index contributed by atoms with van der Waals surface area (Å²) < 4.78 is 7.32. The van der Waals surface area contributed by atoms with E-state index in [-0.39, 0.29) is 0 Å². The van der Waals surface area contributed by atoms with Gasteiger partial charge in [-0.25, -0.2) is 4.98 Å². The molecule has 0 fully saturated rings. The van der Waals surface area contributed by atoms with E-state index in [1.165, 1.54) is 0 Å². The third-order valence-corrected chi connectivity index (χ3v) is 3.08. The lowest BCUT2D eigenvalue weighted by Gasteiger charge is -2.20. The molecule has 1 N–H and O–H groups in total. The van der Waals surface area contributed by atoms with Crippen LogP contribution in [0.1, 0.15) is 24.6 Å². The lowest BCUT2D eigenvalue weighted by Crippen LogP contribution is -2.15. The van der Waals surface area contributed by atoms with Crippen molar-refractivity contribution in [2.75, 3.05) is 0 Å². The molecule has 2 aromatic rings.